The van der Waals surface area contributed by atoms with Crippen LogP contribution in [-0.2, 0) is 9.59 Å². The average molecular weight is 347 g/mol. The number of carbonyl (C=O) groups excluding carboxylic acids is 2. The standard InChI is InChI=1S/C19H29N3O3/c1-13(19(24)20-12-15-7-5-4-6-8-15)21-17-11-16(22-14(2)23)9-10-18(17)25-3/h9-11,13,15,21H,4-8,12H2,1-3H3,(H,20,24)(H,22,23). The molecule has 6 nitrogen and oxygen atoms in total. The Balaban J connectivity index is 1.94. The predicted molar refractivity (Wildman–Crippen MR) is 100.0 cm³/mol. The Morgan fingerprint density at radius 2 is 1.96 bits per heavy atom. The van der Waals surface area contributed by atoms with Gasteiger partial charge in [-0.15, -0.1) is 0 Å². The van der Waals surface area contributed by atoms with Crippen molar-refractivity contribution in [3.63, 3.8) is 0 Å². The maximum absolute atomic E-state index is 12.4. The summed E-state index contributed by atoms with van der Waals surface area (Å²) < 4.78 is 5.33. The highest BCUT2D eigenvalue weighted by Gasteiger charge is 2.18. The summed E-state index contributed by atoms with van der Waals surface area (Å²) in [5.41, 5.74) is 1.33. The van der Waals surface area contributed by atoms with Gasteiger partial charge in [0.25, 0.3) is 0 Å². The van der Waals surface area contributed by atoms with E-state index in [1.165, 1.54) is 39.0 Å². The van der Waals surface area contributed by atoms with Gasteiger partial charge in [-0.3, -0.25) is 9.59 Å². The lowest BCUT2D eigenvalue weighted by Crippen LogP contribution is -2.40. The molecule has 0 aliphatic heterocycles. The molecule has 0 saturated heterocycles. The molecule has 0 heterocycles. The fourth-order valence-electron chi connectivity index (χ4n) is 3.19. The lowest BCUT2D eigenvalue weighted by molar-refractivity contribution is -0.121. The first-order chi connectivity index (χ1) is 12.0. The van der Waals surface area contributed by atoms with E-state index < -0.39 is 6.04 Å². The molecule has 0 radical (unpaired) electrons. The second-order valence-corrected chi connectivity index (χ2v) is 6.71. The van der Waals surface area contributed by atoms with Gasteiger partial charge in [-0.2, -0.15) is 0 Å². The van der Waals surface area contributed by atoms with Crippen molar-refractivity contribution in [1.29, 1.82) is 0 Å². The molecule has 2 amide bonds. The first-order valence-corrected chi connectivity index (χ1v) is 8.99. The Morgan fingerprint density at radius 3 is 2.60 bits per heavy atom. The predicted octanol–water partition coefficient (Wildman–Crippen LogP) is 3.15. The van der Waals surface area contributed by atoms with E-state index in [-0.39, 0.29) is 11.8 Å². The van der Waals surface area contributed by atoms with E-state index in [1.807, 2.05) is 6.92 Å². The van der Waals surface area contributed by atoms with E-state index >= 15 is 0 Å². The number of benzene rings is 1. The third-order valence-electron chi connectivity index (χ3n) is 4.57. The molecule has 0 aromatic heterocycles. The first-order valence-electron chi connectivity index (χ1n) is 8.99. The van der Waals surface area contributed by atoms with Crippen molar-refractivity contribution in [3.05, 3.63) is 18.2 Å². The second-order valence-electron chi connectivity index (χ2n) is 6.71. The van der Waals surface area contributed by atoms with Crippen LogP contribution in [0.25, 0.3) is 0 Å². The molecule has 25 heavy (non-hydrogen) atoms. The van der Waals surface area contributed by atoms with Crippen molar-refractivity contribution in [2.45, 2.75) is 52.0 Å². The summed E-state index contributed by atoms with van der Waals surface area (Å²) in [4.78, 5) is 23.6. The SMILES string of the molecule is COc1ccc(NC(C)=O)cc1NC(C)C(=O)NCC1CCCCC1. The Labute approximate surface area is 149 Å². The zero-order chi connectivity index (χ0) is 18.2. The third-order valence-corrected chi connectivity index (χ3v) is 4.57. The van der Waals surface area contributed by atoms with Crippen LogP contribution in [0.3, 0.4) is 0 Å². The minimum Gasteiger partial charge on any atom is -0.495 e. The van der Waals surface area contributed by atoms with Gasteiger partial charge >= 0.3 is 0 Å². The van der Waals surface area contributed by atoms with Crippen LogP contribution in [0.1, 0.15) is 46.0 Å². The minimum atomic E-state index is -0.398. The zero-order valence-electron chi connectivity index (χ0n) is 15.4. The van der Waals surface area contributed by atoms with Crippen molar-refractivity contribution in [2.24, 2.45) is 5.92 Å². The summed E-state index contributed by atoms with van der Waals surface area (Å²) in [5, 5.41) is 8.95. The van der Waals surface area contributed by atoms with Crippen LogP contribution < -0.4 is 20.7 Å². The number of hydrogen-bond acceptors (Lipinski definition) is 4. The molecule has 3 N–H and O–H groups in total. The fraction of sp³-hybridized carbons (Fsp3) is 0.579. The van der Waals surface area contributed by atoms with Crippen LogP contribution in [0.4, 0.5) is 11.4 Å². The molecule has 1 aliphatic rings. The monoisotopic (exact) mass is 347 g/mol. The summed E-state index contributed by atoms with van der Waals surface area (Å²) in [5.74, 6) is 1.05. The number of ether oxygens (including phenoxy) is 1. The highest BCUT2D eigenvalue weighted by atomic mass is 16.5. The average Bonchev–Trinajstić information content (AvgIpc) is 2.60. The summed E-state index contributed by atoms with van der Waals surface area (Å²) in [7, 11) is 1.58. The van der Waals surface area contributed by atoms with Crippen LogP contribution in [-0.4, -0.2) is 31.5 Å². The van der Waals surface area contributed by atoms with Crippen molar-refractivity contribution in [1.82, 2.24) is 5.32 Å². The number of methoxy groups -OCH3 is 1. The summed E-state index contributed by atoms with van der Waals surface area (Å²) in [6.45, 7) is 4.02. The van der Waals surface area contributed by atoms with E-state index in [0.29, 0.717) is 23.0 Å². The van der Waals surface area contributed by atoms with Gasteiger partial charge in [-0.1, -0.05) is 19.3 Å². The second kappa shape index (κ2) is 9.30. The van der Waals surface area contributed by atoms with E-state index in [0.717, 1.165) is 6.54 Å². The largest absolute Gasteiger partial charge is 0.495 e. The number of amides is 2. The van der Waals surface area contributed by atoms with Crippen molar-refractivity contribution < 1.29 is 14.3 Å². The maximum Gasteiger partial charge on any atom is 0.242 e. The minimum absolute atomic E-state index is 0.0300. The Kier molecular flexibility index (Phi) is 7.10. The number of hydrogen-bond donors (Lipinski definition) is 3. The van der Waals surface area contributed by atoms with Crippen LogP contribution >= 0.6 is 0 Å². The van der Waals surface area contributed by atoms with Crippen LogP contribution in [0.2, 0.25) is 0 Å². The summed E-state index contributed by atoms with van der Waals surface area (Å²) in [6.07, 6.45) is 6.25. The Bertz CT molecular complexity index is 598. The van der Waals surface area contributed by atoms with Crippen LogP contribution in [0.15, 0.2) is 18.2 Å². The van der Waals surface area contributed by atoms with Gasteiger partial charge in [0.1, 0.15) is 11.8 Å². The quantitative estimate of drug-likeness (QED) is 0.708. The maximum atomic E-state index is 12.4. The fourth-order valence-corrected chi connectivity index (χ4v) is 3.19. The molecular formula is C19H29N3O3. The number of rotatable bonds is 7. The molecule has 1 unspecified atom stereocenters. The van der Waals surface area contributed by atoms with Gasteiger partial charge in [0, 0.05) is 19.2 Å². The molecular weight excluding hydrogens is 318 g/mol. The summed E-state index contributed by atoms with van der Waals surface area (Å²) >= 11 is 0. The molecule has 0 bridgehead atoms. The topological polar surface area (TPSA) is 79.5 Å². The molecule has 1 aromatic carbocycles. The molecule has 6 heteroatoms. The molecule has 1 aliphatic carbocycles. The first kappa shape index (κ1) is 19.1. The summed E-state index contributed by atoms with van der Waals surface area (Å²) in [6, 6.07) is 4.90. The van der Waals surface area contributed by atoms with Gasteiger partial charge in [-0.05, 0) is 43.9 Å². The number of carbonyl (C=O) groups is 2. The molecule has 138 valence electrons. The zero-order valence-corrected chi connectivity index (χ0v) is 15.4. The molecule has 1 aromatic rings. The van der Waals surface area contributed by atoms with Crippen molar-refractivity contribution in [3.8, 4) is 5.75 Å². The molecule has 1 atom stereocenters. The third kappa shape index (κ3) is 5.96. The van der Waals surface area contributed by atoms with E-state index in [4.69, 9.17) is 4.74 Å². The van der Waals surface area contributed by atoms with Gasteiger partial charge in [0.2, 0.25) is 11.8 Å². The lowest BCUT2D eigenvalue weighted by Gasteiger charge is -2.23. The van der Waals surface area contributed by atoms with Crippen molar-refractivity contribution in [2.75, 3.05) is 24.3 Å². The van der Waals surface area contributed by atoms with Gasteiger partial charge in [0.05, 0.1) is 12.8 Å². The molecule has 2 rings (SSSR count). The Hall–Kier alpha value is -2.24. The van der Waals surface area contributed by atoms with Gasteiger partial charge in [0.15, 0.2) is 0 Å². The van der Waals surface area contributed by atoms with Gasteiger partial charge < -0.3 is 20.7 Å². The van der Waals surface area contributed by atoms with Crippen LogP contribution in [0, 0.1) is 5.92 Å². The molecule has 0 spiro atoms. The van der Waals surface area contributed by atoms with E-state index in [2.05, 4.69) is 16.0 Å². The van der Waals surface area contributed by atoms with E-state index in [9.17, 15) is 9.59 Å². The normalized spacial score (nSPS) is 16.0. The highest BCUT2D eigenvalue weighted by molar-refractivity contribution is 5.90. The lowest BCUT2D eigenvalue weighted by atomic mass is 9.89. The number of anilines is 2. The smallest absolute Gasteiger partial charge is 0.242 e. The van der Waals surface area contributed by atoms with E-state index in [1.54, 1.807) is 25.3 Å². The van der Waals surface area contributed by atoms with Gasteiger partial charge in [-0.25, -0.2) is 0 Å². The molecule has 1 fully saturated rings. The van der Waals surface area contributed by atoms with Crippen LogP contribution in [0.5, 0.6) is 5.75 Å². The van der Waals surface area contributed by atoms with Crippen molar-refractivity contribution >= 4 is 23.2 Å². The number of nitrogens with one attached hydrogen (secondary N) is 3. The molecule has 1 saturated carbocycles. The Morgan fingerprint density at radius 1 is 1.24 bits per heavy atom. The highest BCUT2D eigenvalue weighted by Crippen LogP contribution is 2.28.